The van der Waals surface area contributed by atoms with Crippen molar-refractivity contribution in [2.75, 3.05) is 23.0 Å². The topological polar surface area (TPSA) is 101 Å². The van der Waals surface area contributed by atoms with E-state index in [1.54, 1.807) is 37.6 Å². The number of pyridine rings is 1. The number of carbonyl (C=O) groups excluding carboxylic acids is 1. The second-order valence-corrected chi connectivity index (χ2v) is 7.95. The summed E-state index contributed by atoms with van der Waals surface area (Å²) in [5.74, 6) is 1.52. The molecule has 8 nitrogen and oxygen atoms in total. The van der Waals surface area contributed by atoms with Gasteiger partial charge in [-0.05, 0) is 73.2 Å². The summed E-state index contributed by atoms with van der Waals surface area (Å²) in [5.41, 5.74) is 3.65. The fourth-order valence-corrected chi connectivity index (χ4v) is 3.33. The number of aryl methyl sites for hydroxylation is 1. The van der Waals surface area contributed by atoms with Crippen LogP contribution in [0.25, 0.3) is 11.3 Å². The molecule has 0 aliphatic heterocycles. The molecule has 0 radical (unpaired) electrons. The maximum atomic E-state index is 12.4. The first-order chi connectivity index (χ1) is 16.0. The van der Waals surface area contributed by atoms with Crippen LogP contribution in [0.15, 0.2) is 77.5 Å². The highest BCUT2D eigenvalue weighted by atomic mass is 79.9. The van der Waals surface area contributed by atoms with Crippen molar-refractivity contribution < 1.29 is 9.53 Å². The summed E-state index contributed by atoms with van der Waals surface area (Å²) >= 11 is 3.38. The lowest BCUT2D eigenvalue weighted by molar-refractivity contribution is 0.262. The molecule has 2 aromatic carbocycles. The molecule has 4 rings (SSSR count). The molecule has 0 bridgehead atoms. The quantitative estimate of drug-likeness (QED) is 0.293. The van der Waals surface area contributed by atoms with Crippen molar-refractivity contribution in [2.45, 2.75) is 6.92 Å². The van der Waals surface area contributed by atoms with Crippen molar-refractivity contribution in [2.24, 2.45) is 0 Å². The fourth-order valence-electron chi connectivity index (χ4n) is 3.07. The minimum absolute atomic E-state index is 0.329. The molecular weight excluding hydrogens is 484 g/mol. The smallest absolute Gasteiger partial charge is 0.323 e. The van der Waals surface area contributed by atoms with Gasteiger partial charge in [0.1, 0.15) is 5.75 Å². The van der Waals surface area contributed by atoms with E-state index in [0.29, 0.717) is 34.6 Å². The summed E-state index contributed by atoms with van der Waals surface area (Å²) in [4.78, 5) is 25.3. The Bertz CT molecular complexity index is 1280. The fraction of sp³-hybridized carbons (Fsp3) is 0.0833. The molecule has 9 heteroatoms. The van der Waals surface area contributed by atoms with E-state index >= 15 is 0 Å². The third-order valence-corrected chi connectivity index (χ3v) is 5.22. The first-order valence-electron chi connectivity index (χ1n) is 10.1. The normalized spacial score (nSPS) is 10.4. The van der Waals surface area contributed by atoms with Gasteiger partial charge in [0.15, 0.2) is 0 Å². The van der Waals surface area contributed by atoms with Gasteiger partial charge in [0.25, 0.3) is 0 Å². The number of aromatic nitrogens is 3. The summed E-state index contributed by atoms with van der Waals surface area (Å²) < 4.78 is 7.00. The van der Waals surface area contributed by atoms with Crippen molar-refractivity contribution in [3.05, 3.63) is 83.1 Å². The summed E-state index contributed by atoms with van der Waals surface area (Å²) in [6.07, 6.45) is 3.34. The van der Waals surface area contributed by atoms with Crippen LogP contribution >= 0.6 is 15.9 Å². The number of nitrogens with zero attached hydrogens (tertiary/aromatic N) is 3. The van der Waals surface area contributed by atoms with Crippen LogP contribution < -0.4 is 20.7 Å². The zero-order valence-corrected chi connectivity index (χ0v) is 19.6. The summed E-state index contributed by atoms with van der Waals surface area (Å²) in [6, 6.07) is 17.9. The molecule has 2 aromatic heterocycles. The van der Waals surface area contributed by atoms with E-state index in [-0.39, 0.29) is 6.03 Å². The van der Waals surface area contributed by atoms with Crippen molar-refractivity contribution in [1.82, 2.24) is 15.0 Å². The van der Waals surface area contributed by atoms with E-state index in [2.05, 4.69) is 46.8 Å². The van der Waals surface area contributed by atoms with Gasteiger partial charge in [-0.1, -0.05) is 15.9 Å². The molecule has 0 aliphatic carbocycles. The van der Waals surface area contributed by atoms with Crippen molar-refractivity contribution in [3.8, 4) is 22.9 Å². The molecule has 0 saturated heterocycles. The van der Waals surface area contributed by atoms with Gasteiger partial charge in [-0.2, -0.15) is 0 Å². The number of ether oxygens (including phenoxy) is 1. The van der Waals surface area contributed by atoms with Gasteiger partial charge in [-0.25, -0.2) is 19.7 Å². The Morgan fingerprint density at radius 2 is 1.79 bits per heavy atom. The van der Waals surface area contributed by atoms with E-state index in [0.717, 1.165) is 15.6 Å². The molecule has 0 spiro atoms. The van der Waals surface area contributed by atoms with Gasteiger partial charge in [0, 0.05) is 35.3 Å². The molecule has 0 aliphatic rings. The van der Waals surface area contributed by atoms with Gasteiger partial charge in [-0.15, -0.1) is 0 Å². The highest BCUT2D eigenvalue weighted by Crippen LogP contribution is 2.32. The van der Waals surface area contributed by atoms with Crippen LogP contribution in [0.4, 0.5) is 22.1 Å². The van der Waals surface area contributed by atoms with Gasteiger partial charge < -0.3 is 20.7 Å². The van der Waals surface area contributed by atoms with Crippen molar-refractivity contribution >= 4 is 39.3 Å². The third-order valence-electron chi connectivity index (χ3n) is 4.69. The summed E-state index contributed by atoms with van der Waals surface area (Å²) in [6.45, 7) is 1.89. The highest BCUT2D eigenvalue weighted by Gasteiger charge is 2.12. The number of carbonyl (C=O) groups is 1. The summed E-state index contributed by atoms with van der Waals surface area (Å²) in [7, 11) is 1.76. The zero-order chi connectivity index (χ0) is 23.2. The van der Waals surface area contributed by atoms with E-state index < -0.39 is 0 Å². The predicted octanol–water partition coefficient (Wildman–Crippen LogP) is 6.09. The van der Waals surface area contributed by atoms with Gasteiger partial charge >= 0.3 is 6.03 Å². The molecule has 0 saturated carbocycles. The van der Waals surface area contributed by atoms with E-state index in [1.807, 2.05) is 49.4 Å². The van der Waals surface area contributed by atoms with E-state index in [1.165, 1.54) is 0 Å². The number of hydrogen-bond acceptors (Lipinski definition) is 6. The highest BCUT2D eigenvalue weighted by molar-refractivity contribution is 9.10. The van der Waals surface area contributed by atoms with Crippen LogP contribution in [0.3, 0.4) is 0 Å². The summed E-state index contributed by atoms with van der Waals surface area (Å²) in [5, 5.41) is 8.59. The van der Waals surface area contributed by atoms with Gasteiger partial charge in [0.2, 0.25) is 11.8 Å². The molecule has 0 unspecified atom stereocenters. The molecule has 4 aromatic rings. The lowest BCUT2D eigenvalue weighted by atomic mass is 10.2. The Morgan fingerprint density at radius 3 is 2.55 bits per heavy atom. The zero-order valence-electron chi connectivity index (χ0n) is 18.0. The van der Waals surface area contributed by atoms with Crippen LogP contribution in [0.1, 0.15) is 5.56 Å². The second-order valence-electron chi connectivity index (χ2n) is 7.04. The number of rotatable bonds is 6. The Morgan fingerprint density at radius 1 is 0.970 bits per heavy atom. The maximum absolute atomic E-state index is 12.4. The number of nitrogens with one attached hydrogen (secondary N) is 3. The molecular formula is C24H21BrN6O2. The minimum atomic E-state index is -0.329. The minimum Gasteiger partial charge on any atom is -0.438 e. The monoisotopic (exact) mass is 504 g/mol. The van der Waals surface area contributed by atoms with Crippen LogP contribution in [-0.4, -0.2) is 28.0 Å². The predicted molar refractivity (Wildman–Crippen MR) is 133 cm³/mol. The molecule has 166 valence electrons. The molecule has 0 fully saturated rings. The Labute approximate surface area is 199 Å². The van der Waals surface area contributed by atoms with Crippen LogP contribution in [0.5, 0.6) is 11.6 Å². The van der Waals surface area contributed by atoms with Crippen LogP contribution in [0.2, 0.25) is 0 Å². The number of hydrogen-bond donors (Lipinski definition) is 3. The largest absolute Gasteiger partial charge is 0.438 e. The average molecular weight is 505 g/mol. The van der Waals surface area contributed by atoms with Gasteiger partial charge in [-0.3, -0.25) is 0 Å². The number of benzene rings is 2. The average Bonchev–Trinajstić information content (AvgIpc) is 2.83. The van der Waals surface area contributed by atoms with Crippen molar-refractivity contribution in [3.63, 3.8) is 0 Å². The van der Waals surface area contributed by atoms with Crippen molar-refractivity contribution in [1.29, 1.82) is 0 Å². The molecule has 2 amide bonds. The number of anilines is 3. The SMILES string of the molecule is CNc1nccc(-c2cccnc2Oc2ccc(NC(=O)Nc3ccc(Br)cc3)c(C)c2)n1. The molecule has 0 atom stereocenters. The number of amides is 2. The Kier molecular flexibility index (Phi) is 6.80. The van der Waals surface area contributed by atoms with Crippen LogP contribution in [-0.2, 0) is 0 Å². The standard InChI is InChI=1S/C24H21BrN6O2/c1-15-14-18(9-10-20(15)31-24(32)29-17-7-5-16(25)6-8-17)33-22-19(4-3-12-27-22)21-11-13-28-23(26-2)30-21/h3-14H,1-2H3,(H,26,28,30)(H2,29,31,32). The molecule has 33 heavy (non-hydrogen) atoms. The van der Waals surface area contributed by atoms with Gasteiger partial charge in [0.05, 0.1) is 11.3 Å². The van der Waals surface area contributed by atoms with E-state index in [4.69, 9.17) is 4.74 Å². The molecule has 2 heterocycles. The Balaban J connectivity index is 1.49. The second kappa shape index (κ2) is 10.1. The maximum Gasteiger partial charge on any atom is 0.323 e. The molecule has 3 N–H and O–H groups in total. The Hall–Kier alpha value is -3.98. The number of urea groups is 1. The first kappa shape index (κ1) is 22.2. The van der Waals surface area contributed by atoms with Crippen LogP contribution in [0, 0.1) is 6.92 Å². The number of halogens is 1. The van der Waals surface area contributed by atoms with E-state index in [9.17, 15) is 4.79 Å². The lowest BCUT2D eigenvalue weighted by Crippen LogP contribution is -2.19. The lowest BCUT2D eigenvalue weighted by Gasteiger charge is -2.13. The third kappa shape index (κ3) is 5.64. The first-order valence-corrected chi connectivity index (χ1v) is 10.9.